The molecule has 0 saturated carbocycles. The van der Waals surface area contributed by atoms with Gasteiger partial charge in [-0.2, -0.15) is 0 Å². The molecular weight excluding hydrogens is 176 g/mol. The molecule has 0 aliphatic heterocycles. The summed E-state index contributed by atoms with van der Waals surface area (Å²) in [6.45, 7) is 2.00. The summed E-state index contributed by atoms with van der Waals surface area (Å²) in [4.78, 5) is 25.6. The summed E-state index contributed by atoms with van der Waals surface area (Å²) in [5.41, 5.74) is 5.14. The summed E-state index contributed by atoms with van der Waals surface area (Å²) in [7, 11) is 0. The Bertz CT molecular complexity index is 223. The lowest BCUT2D eigenvalue weighted by Gasteiger charge is -1.80. The third-order valence-corrected chi connectivity index (χ3v) is 0.579. The standard InChI is InChI=1S/C3H4N4.C2H2O2.CH2O/c4-3-1-2-5-7-6-3;3-1-2-4;1-2/h1-2H,(H2,4,5,6);1-2H;1H2. The van der Waals surface area contributed by atoms with E-state index in [1.807, 2.05) is 6.79 Å². The Labute approximate surface area is 74.0 Å². The number of nitrogen functional groups attached to an aromatic ring is 1. The summed E-state index contributed by atoms with van der Waals surface area (Å²) in [6, 6.07) is 1.58. The third kappa shape index (κ3) is 12.9. The third-order valence-electron chi connectivity index (χ3n) is 0.579. The fourth-order valence-electron chi connectivity index (χ4n) is 0.250. The average molecular weight is 184 g/mol. The van der Waals surface area contributed by atoms with Gasteiger partial charge in [0.1, 0.15) is 12.6 Å². The summed E-state index contributed by atoms with van der Waals surface area (Å²) in [5, 5.41) is 10.1. The van der Waals surface area contributed by atoms with Crippen molar-refractivity contribution in [3.05, 3.63) is 12.3 Å². The van der Waals surface area contributed by atoms with Gasteiger partial charge in [0.15, 0.2) is 12.6 Å². The molecule has 0 aromatic carbocycles. The number of nitrogens with two attached hydrogens (primary N) is 1. The Morgan fingerprint density at radius 3 is 2.00 bits per heavy atom. The Balaban J connectivity index is 0. The summed E-state index contributed by atoms with van der Waals surface area (Å²) >= 11 is 0. The Morgan fingerprint density at radius 1 is 1.31 bits per heavy atom. The van der Waals surface area contributed by atoms with Gasteiger partial charge in [-0.25, -0.2) is 0 Å². The van der Waals surface area contributed by atoms with Crippen molar-refractivity contribution >= 4 is 25.2 Å². The van der Waals surface area contributed by atoms with E-state index in [9.17, 15) is 0 Å². The summed E-state index contributed by atoms with van der Waals surface area (Å²) in [5.74, 6) is 0.398. The lowest BCUT2D eigenvalue weighted by Crippen LogP contribution is -1.91. The average Bonchev–Trinajstić information content (AvgIpc) is 2.22. The number of rotatable bonds is 1. The minimum Gasteiger partial charge on any atom is -0.382 e. The zero-order chi connectivity index (χ0) is 10.5. The van der Waals surface area contributed by atoms with Gasteiger partial charge in [0.2, 0.25) is 0 Å². The first-order valence-corrected chi connectivity index (χ1v) is 2.89. The Kier molecular flexibility index (Phi) is 12.9. The van der Waals surface area contributed by atoms with E-state index in [-0.39, 0.29) is 12.6 Å². The first-order valence-electron chi connectivity index (χ1n) is 2.89. The van der Waals surface area contributed by atoms with Crippen molar-refractivity contribution < 1.29 is 14.4 Å². The minimum absolute atomic E-state index is 0.194. The zero-order valence-electron chi connectivity index (χ0n) is 6.66. The molecule has 13 heavy (non-hydrogen) atoms. The van der Waals surface area contributed by atoms with Gasteiger partial charge in [0.05, 0.1) is 6.20 Å². The van der Waals surface area contributed by atoms with Gasteiger partial charge in [-0.05, 0) is 5.21 Å². The quantitative estimate of drug-likeness (QED) is 0.423. The van der Waals surface area contributed by atoms with Gasteiger partial charge in [-0.1, -0.05) is 0 Å². The highest BCUT2D eigenvalue weighted by Gasteiger charge is 1.76. The van der Waals surface area contributed by atoms with E-state index in [1.54, 1.807) is 6.07 Å². The molecule has 7 nitrogen and oxygen atoms in total. The molecule has 2 N–H and O–H groups in total. The van der Waals surface area contributed by atoms with E-state index < -0.39 is 0 Å². The predicted octanol–water partition coefficient (Wildman–Crippen LogP) is -1.35. The minimum atomic E-state index is 0.194. The molecule has 0 unspecified atom stereocenters. The molecular formula is C6H8N4O3. The fourth-order valence-corrected chi connectivity index (χ4v) is 0.250. The summed E-state index contributed by atoms with van der Waals surface area (Å²) in [6.07, 6.45) is 1.88. The van der Waals surface area contributed by atoms with Gasteiger partial charge in [0, 0.05) is 6.07 Å². The molecule has 0 spiro atoms. The largest absolute Gasteiger partial charge is 0.382 e. The molecule has 1 aromatic rings. The van der Waals surface area contributed by atoms with E-state index in [0.717, 1.165) is 0 Å². The van der Waals surface area contributed by atoms with Crippen molar-refractivity contribution in [2.45, 2.75) is 0 Å². The van der Waals surface area contributed by atoms with E-state index in [0.29, 0.717) is 5.82 Å². The van der Waals surface area contributed by atoms with Crippen LogP contribution in [0.4, 0.5) is 5.82 Å². The lowest BCUT2D eigenvalue weighted by atomic mass is 10.6. The highest BCUT2D eigenvalue weighted by atomic mass is 16.2. The first kappa shape index (κ1) is 13.4. The molecule has 7 heteroatoms. The van der Waals surface area contributed by atoms with E-state index in [1.165, 1.54) is 6.20 Å². The van der Waals surface area contributed by atoms with Crippen LogP contribution in [0.15, 0.2) is 12.3 Å². The number of carbonyl (C=O) groups is 3. The van der Waals surface area contributed by atoms with Crippen LogP contribution in [0.25, 0.3) is 0 Å². The maximum absolute atomic E-state index is 8.81. The van der Waals surface area contributed by atoms with Crippen molar-refractivity contribution in [2.24, 2.45) is 0 Å². The second kappa shape index (κ2) is 12.5. The number of aldehydes is 2. The monoisotopic (exact) mass is 184 g/mol. The number of carbonyl (C=O) groups excluding carboxylic acids is 3. The molecule has 0 saturated heterocycles. The molecule has 0 aliphatic carbocycles. The van der Waals surface area contributed by atoms with Crippen molar-refractivity contribution in [3.8, 4) is 0 Å². The number of anilines is 1. The maximum atomic E-state index is 8.81. The normalized spacial score (nSPS) is 6.46. The number of hydrogen-bond donors (Lipinski definition) is 1. The zero-order valence-corrected chi connectivity index (χ0v) is 6.66. The van der Waals surface area contributed by atoms with Crippen LogP contribution in [0.5, 0.6) is 0 Å². The molecule has 0 radical (unpaired) electrons. The van der Waals surface area contributed by atoms with Gasteiger partial charge in [-0.15, -0.1) is 10.2 Å². The van der Waals surface area contributed by atoms with Crippen LogP contribution in [-0.4, -0.2) is 34.8 Å². The molecule has 1 heterocycles. The first-order chi connectivity index (χ1) is 6.31. The van der Waals surface area contributed by atoms with E-state index in [2.05, 4.69) is 15.4 Å². The van der Waals surface area contributed by atoms with Crippen LogP contribution in [-0.2, 0) is 14.4 Å². The van der Waals surface area contributed by atoms with Crippen molar-refractivity contribution in [3.63, 3.8) is 0 Å². The van der Waals surface area contributed by atoms with Crippen LogP contribution in [0, 0.1) is 0 Å². The number of nitrogens with zero attached hydrogens (tertiary/aromatic N) is 3. The van der Waals surface area contributed by atoms with Crippen LogP contribution in [0.2, 0.25) is 0 Å². The van der Waals surface area contributed by atoms with Gasteiger partial charge < -0.3 is 10.5 Å². The summed E-state index contributed by atoms with van der Waals surface area (Å²) < 4.78 is 0. The molecule has 1 rings (SSSR count). The molecule has 0 atom stereocenters. The predicted molar refractivity (Wildman–Crippen MR) is 43.5 cm³/mol. The van der Waals surface area contributed by atoms with Crippen molar-refractivity contribution in [2.75, 3.05) is 5.73 Å². The van der Waals surface area contributed by atoms with Gasteiger partial charge in [-0.3, -0.25) is 9.59 Å². The van der Waals surface area contributed by atoms with E-state index >= 15 is 0 Å². The fraction of sp³-hybridized carbons (Fsp3) is 0. The molecule has 70 valence electrons. The molecule has 0 aliphatic rings. The molecule has 0 fully saturated rings. The van der Waals surface area contributed by atoms with Gasteiger partial charge in [0.25, 0.3) is 0 Å². The Morgan fingerprint density at radius 2 is 1.85 bits per heavy atom. The maximum Gasteiger partial charge on any atom is 0.182 e. The molecule has 0 bridgehead atoms. The van der Waals surface area contributed by atoms with E-state index in [4.69, 9.17) is 20.1 Å². The van der Waals surface area contributed by atoms with Gasteiger partial charge >= 0.3 is 0 Å². The van der Waals surface area contributed by atoms with Crippen LogP contribution in [0.1, 0.15) is 0 Å². The molecule has 0 amide bonds. The highest BCUT2D eigenvalue weighted by Crippen LogP contribution is 1.83. The van der Waals surface area contributed by atoms with Crippen molar-refractivity contribution in [1.29, 1.82) is 0 Å². The number of aromatic nitrogens is 3. The smallest absolute Gasteiger partial charge is 0.182 e. The lowest BCUT2D eigenvalue weighted by molar-refractivity contribution is -0.122. The van der Waals surface area contributed by atoms with Crippen molar-refractivity contribution in [1.82, 2.24) is 15.4 Å². The van der Waals surface area contributed by atoms with Crippen LogP contribution in [0.3, 0.4) is 0 Å². The Hall–Kier alpha value is -2.18. The van der Waals surface area contributed by atoms with Crippen LogP contribution < -0.4 is 5.73 Å². The topological polar surface area (TPSA) is 116 Å². The SMILES string of the molecule is C=O.Nc1ccnnn1.O=CC=O. The van der Waals surface area contributed by atoms with Crippen LogP contribution >= 0.6 is 0 Å². The second-order valence-electron chi connectivity index (χ2n) is 1.32. The number of hydrogen-bond acceptors (Lipinski definition) is 7. The highest BCUT2D eigenvalue weighted by molar-refractivity contribution is 6.09. The second-order valence-corrected chi connectivity index (χ2v) is 1.32. The molecule has 1 aromatic heterocycles.